The van der Waals surface area contributed by atoms with Gasteiger partial charge in [0.05, 0.1) is 12.0 Å². The Morgan fingerprint density at radius 1 is 1.17 bits per heavy atom. The first kappa shape index (κ1) is 21.7. The number of imide groups is 1. The molecule has 3 aliphatic rings. The lowest BCUT2D eigenvalue weighted by atomic mass is 9.91. The monoisotopic (exact) mass is 407 g/mol. The number of carbonyl (C=O) groups is 4. The van der Waals surface area contributed by atoms with Gasteiger partial charge in [0.25, 0.3) is 0 Å². The maximum Gasteiger partial charge on any atom is 0.249 e. The third-order valence-corrected chi connectivity index (χ3v) is 6.83. The molecule has 0 aromatic heterocycles. The minimum absolute atomic E-state index is 0.0394. The summed E-state index contributed by atoms with van der Waals surface area (Å²) in [6.07, 6.45) is 6.58. The van der Waals surface area contributed by atoms with Crippen molar-refractivity contribution in [2.24, 2.45) is 22.7 Å². The predicted molar refractivity (Wildman–Crippen MR) is 104 cm³/mol. The van der Waals surface area contributed by atoms with Crippen molar-refractivity contribution in [1.29, 1.82) is 0 Å². The molecule has 4 amide bonds. The van der Waals surface area contributed by atoms with Crippen molar-refractivity contribution in [3.63, 3.8) is 0 Å². The number of nitrogens with one attached hydrogen (secondary N) is 1. The second kappa shape index (κ2) is 8.05. The van der Waals surface area contributed by atoms with Crippen molar-refractivity contribution in [2.75, 3.05) is 13.1 Å². The smallest absolute Gasteiger partial charge is 0.249 e. The summed E-state index contributed by atoms with van der Waals surface area (Å²) in [6.45, 7) is 5.60. The number of hydrogen-bond acceptors (Lipinski definition) is 5. The van der Waals surface area contributed by atoms with Crippen LogP contribution in [0.3, 0.4) is 0 Å². The summed E-state index contributed by atoms with van der Waals surface area (Å²) in [4.78, 5) is 51.1. The largest absolute Gasteiger partial charge is 0.330 e. The van der Waals surface area contributed by atoms with Crippen LogP contribution in [0.1, 0.15) is 65.7 Å². The molecule has 162 valence electrons. The van der Waals surface area contributed by atoms with Crippen LogP contribution in [0, 0.1) is 22.7 Å². The van der Waals surface area contributed by atoms with E-state index in [0.717, 1.165) is 25.7 Å². The number of carbonyl (C=O) groups excluding carboxylic acids is 4. The third kappa shape index (κ3) is 4.32. The second-order valence-electron chi connectivity index (χ2n) is 9.94. The van der Waals surface area contributed by atoms with Gasteiger partial charge in [0.15, 0.2) is 0 Å². The van der Waals surface area contributed by atoms with E-state index in [1.54, 1.807) is 25.7 Å². The molecule has 0 aromatic carbocycles. The Bertz CT molecular complexity index is 682. The molecule has 8 nitrogen and oxygen atoms in total. The van der Waals surface area contributed by atoms with Gasteiger partial charge in [0.2, 0.25) is 24.1 Å². The fourth-order valence-electron chi connectivity index (χ4n) is 5.08. The second-order valence-corrected chi connectivity index (χ2v) is 9.94. The van der Waals surface area contributed by atoms with Crippen LogP contribution in [-0.4, -0.2) is 58.4 Å². The molecule has 2 saturated carbocycles. The Hall–Kier alpha value is -1.96. The Morgan fingerprint density at radius 3 is 2.41 bits per heavy atom. The van der Waals surface area contributed by atoms with Crippen molar-refractivity contribution in [3.8, 4) is 0 Å². The summed E-state index contributed by atoms with van der Waals surface area (Å²) in [5.74, 6) is -0.422. The van der Waals surface area contributed by atoms with Crippen LogP contribution in [-0.2, 0) is 19.2 Å². The molecule has 8 heteroatoms. The average molecular weight is 408 g/mol. The fraction of sp³-hybridized carbons (Fsp3) is 0.810. The van der Waals surface area contributed by atoms with Crippen LogP contribution in [0.4, 0.5) is 0 Å². The summed E-state index contributed by atoms with van der Waals surface area (Å²) in [6, 6.07) is -0.682. The summed E-state index contributed by atoms with van der Waals surface area (Å²) in [7, 11) is 0. The van der Waals surface area contributed by atoms with E-state index in [4.69, 9.17) is 0 Å². The lowest BCUT2D eigenvalue weighted by molar-refractivity contribution is -0.160. The van der Waals surface area contributed by atoms with Gasteiger partial charge >= 0.3 is 0 Å². The molecule has 0 spiro atoms. The van der Waals surface area contributed by atoms with E-state index in [1.165, 1.54) is 0 Å². The number of hydroxylamine groups is 2. The molecular weight excluding hydrogens is 374 g/mol. The minimum atomic E-state index is -0.818. The Balaban J connectivity index is 1.75. The zero-order valence-electron chi connectivity index (χ0n) is 17.6. The topological polar surface area (TPSA) is 107 Å². The number of hydrogen-bond donors (Lipinski definition) is 2. The number of rotatable bonds is 6. The van der Waals surface area contributed by atoms with Crippen molar-refractivity contribution >= 4 is 24.1 Å². The molecule has 1 aliphatic heterocycles. The van der Waals surface area contributed by atoms with Crippen LogP contribution in [0.15, 0.2) is 0 Å². The zero-order chi connectivity index (χ0) is 21.4. The first-order chi connectivity index (χ1) is 13.6. The maximum absolute atomic E-state index is 13.6. The molecule has 3 atom stereocenters. The summed E-state index contributed by atoms with van der Waals surface area (Å²) < 4.78 is 0. The SMILES string of the molecule is CC(C)(C)C(=O)NC(=O)[C@@H]1CCCN1C(=O)[C@@]1(CN(O)C=O)CC1C1CCCC1. The van der Waals surface area contributed by atoms with E-state index in [-0.39, 0.29) is 24.3 Å². The summed E-state index contributed by atoms with van der Waals surface area (Å²) in [5.41, 5.74) is -1.52. The van der Waals surface area contributed by atoms with Crippen molar-refractivity contribution in [3.05, 3.63) is 0 Å². The molecule has 3 fully saturated rings. The molecule has 29 heavy (non-hydrogen) atoms. The van der Waals surface area contributed by atoms with E-state index in [9.17, 15) is 24.4 Å². The molecule has 0 aromatic rings. The zero-order valence-corrected chi connectivity index (χ0v) is 17.6. The van der Waals surface area contributed by atoms with E-state index in [0.29, 0.717) is 43.2 Å². The molecule has 2 N–H and O–H groups in total. The van der Waals surface area contributed by atoms with Gasteiger partial charge in [-0.25, -0.2) is 5.06 Å². The van der Waals surface area contributed by atoms with E-state index in [1.807, 2.05) is 0 Å². The van der Waals surface area contributed by atoms with Gasteiger partial charge < -0.3 is 4.90 Å². The summed E-state index contributed by atoms with van der Waals surface area (Å²) in [5, 5.41) is 12.8. The normalized spacial score (nSPS) is 29.6. The number of amides is 4. The van der Waals surface area contributed by atoms with E-state index in [2.05, 4.69) is 5.32 Å². The van der Waals surface area contributed by atoms with Gasteiger partial charge in [-0.15, -0.1) is 0 Å². The highest BCUT2D eigenvalue weighted by molar-refractivity contribution is 6.01. The van der Waals surface area contributed by atoms with Crippen molar-refractivity contribution in [2.45, 2.75) is 71.8 Å². The van der Waals surface area contributed by atoms with Crippen LogP contribution < -0.4 is 5.32 Å². The quantitative estimate of drug-likeness (QED) is 0.396. The van der Waals surface area contributed by atoms with Gasteiger partial charge in [-0.3, -0.25) is 29.7 Å². The van der Waals surface area contributed by atoms with Gasteiger partial charge in [0, 0.05) is 12.0 Å². The molecule has 0 radical (unpaired) electrons. The molecule has 1 heterocycles. The predicted octanol–water partition coefficient (Wildman–Crippen LogP) is 1.71. The summed E-state index contributed by atoms with van der Waals surface area (Å²) >= 11 is 0. The Kier molecular flexibility index (Phi) is 6.03. The lowest BCUT2D eigenvalue weighted by Gasteiger charge is -2.31. The minimum Gasteiger partial charge on any atom is -0.330 e. The average Bonchev–Trinajstić information content (AvgIpc) is 3.08. The van der Waals surface area contributed by atoms with Crippen LogP contribution in [0.25, 0.3) is 0 Å². The molecular formula is C21H33N3O5. The first-order valence-corrected chi connectivity index (χ1v) is 10.7. The Labute approximate surface area is 171 Å². The third-order valence-electron chi connectivity index (χ3n) is 6.83. The van der Waals surface area contributed by atoms with E-state index < -0.39 is 22.8 Å². The van der Waals surface area contributed by atoms with Crippen molar-refractivity contribution in [1.82, 2.24) is 15.3 Å². The van der Waals surface area contributed by atoms with Crippen LogP contribution in [0.5, 0.6) is 0 Å². The highest BCUT2D eigenvalue weighted by Crippen LogP contribution is 2.61. The van der Waals surface area contributed by atoms with Crippen LogP contribution in [0.2, 0.25) is 0 Å². The van der Waals surface area contributed by atoms with Gasteiger partial charge in [-0.1, -0.05) is 46.5 Å². The molecule has 1 saturated heterocycles. The maximum atomic E-state index is 13.6. The van der Waals surface area contributed by atoms with Crippen molar-refractivity contribution < 1.29 is 24.4 Å². The standard InChI is InChI=1S/C21H33N3O5/c1-20(2,3)18(27)22-17(26)16-9-6-10-24(16)19(28)21(12-23(29)13-25)11-15(21)14-7-4-5-8-14/h13-16,29H,4-12H2,1-3H3,(H,22,26,27)/t15?,16-,21+/m0/s1. The number of nitrogens with zero attached hydrogens (tertiary/aromatic N) is 2. The van der Waals surface area contributed by atoms with E-state index >= 15 is 0 Å². The fourth-order valence-corrected chi connectivity index (χ4v) is 5.08. The molecule has 0 bridgehead atoms. The molecule has 1 unspecified atom stereocenters. The first-order valence-electron chi connectivity index (χ1n) is 10.7. The number of likely N-dealkylation sites (tertiary alicyclic amines) is 1. The highest BCUT2D eigenvalue weighted by Gasteiger charge is 2.65. The Morgan fingerprint density at radius 2 is 1.83 bits per heavy atom. The van der Waals surface area contributed by atoms with Gasteiger partial charge in [-0.2, -0.15) is 0 Å². The van der Waals surface area contributed by atoms with Crippen LogP contribution >= 0.6 is 0 Å². The van der Waals surface area contributed by atoms with Gasteiger partial charge in [-0.05, 0) is 31.1 Å². The highest BCUT2D eigenvalue weighted by atomic mass is 16.5. The lowest BCUT2D eigenvalue weighted by Crippen LogP contribution is -2.53. The van der Waals surface area contributed by atoms with Gasteiger partial charge in [0.1, 0.15) is 6.04 Å². The molecule has 3 rings (SSSR count). The molecule has 2 aliphatic carbocycles.